The molecule has 2 atom stereocenters. The number of fused-ring (bicyclic) bond motifs is 1. The second kappa shape index (κ2) is 13.0. The van der Waals surface area contributed by atoms with E-state index in [2.05, 4.69) is 15.6 Å². The van der Waals surface area contributed by atoms with Crippen LogP contribution in [0.3, 0.4) is 0 Å². The Labute approximate surface area is 240 Å². The number of aliphatic hydroxyl groups excluding tert-OH is 1. The summed E-state index contributed by atoms with van der Waals surface area (Å²) < 4.78 is 7.27. The van der Waals surface area contributed by atoms with E-state index < -0.39 is 12.1 Å². The van der Waals surface area contributed by atoms with Gasteiger partial charge in [-0.1, -0.05) is 42.5 Å². The van der Waals surface area contributed by atoms with Gasteiger partial charge < -0.3 is 29.9 Å². The van der Waals surface area contributed by atoms with E-state index in [1.165, 1.54) is 0 Å². The molecule has 1 aliphatic heterocycles. The lowest BCUT2D eigenvalue weighted by Gasteiger charge is -2.25. The number of methoxy groups -OCH3 is 1. The number of nitrogens with zero attached hydrogens (tertiary/aromatic N) is 3. The Morgan fingerprint density at radius 1 is 1.10 bits per heavy atom. The lowest BCUT2D eigenvalue weighted by atomic mass is 10.00. The maximum Gasteiger partial charge on any atom is 0.251 e. The van der Waals surface area contributed by atoms with Crippen molar-refractivity contribution in [2.75, 3.05) is 25.1 Å². The number of aliphatic hydroxyl groups is 1. The molecule has 3 aromatic carbocycles. The molecule has 214 valence electrons. The molecule has 9 nitrogen and oxygen atoms in total. The highest BCUT2D eigenvalue weighted by Gasteiger charge is 2.28. The first-order valence-electron chi connectivity index (χ1n) is 14.1. The topological polar surface area (TPSA) is 109 Å². The van der Waals surface area contributed by atoms with Crippen LogP contribution in [0.1, 0.15) is 41.3 Å². The van der Waals surface area contributed by atoms with Crippen molar-refractivity contribution in [1.82, 2.24) is 20.2 Å². The molecule has 3 N–H and O–H groups in total. The Morgan fingerprint density at radius 3 is 2.63 bits per heavy atom. The number of imidazole rings is 1. The first-order valence-corrected chi connectivity index (χ1v) is 14.1. The number of amides is 2. The molecule has 0 spiro atoms. The molecule has 41 heavy (non-hydrogen) atoms. The molecule has 0 radical (unpaired) electrons. The third kappa shape index (κ3) is 6.58. The number of carbonyl (C=O) groups is 2. The van der Waals surface area contributed by atoms with E-state index in [4.69, 9.17) is 4.74 Å². The van der Waals surface area contributed by atoms with Crippen LogP contribution in [0.15, 0.2) is 73.1 Å². The van der Waals surface area contributed by atoms with Gasteiger partial charge in [-0.05, 0) is 55.2 Å². The van der Waals surface area contributed by atoms with Gasteiger partial charge in [0.25, 0.3) is 5.91 Å². The molecule has 2 amide bonds. The van der Waals surface area contributed by atoms with Gasteiger partial charge in [-0.15, -0.1) is 0 Å². The van der Waals surface area contributed by atoms with E-state index in [1.54, 1.807) is 24.4 Å². The Bertz CT molecular complexity index is 1500. The zero-order valence-corrected chi connectivity index (χ0v) is 23.5. The summed E-state index contributed by atoms with van der Waals surface area (Å²) in [5.41, 5.74) is 4.63. The number of benzene rings is 3. The third-order valence-corrected chi connectivity index (χ3v) is 7.57. The van der Waals surface area contributed by atoms with Crippen LogP contribution in [0.5, 0.6) is 5.75 Å². The first kappa shape index (κ1) is 28.3. The molecular weight excluding hydrogens is 518 g/mol. The average molecular weight is 556 g/mol. The Kier molecular flexibility index (Phi) is 8.96. The van der Waals surface area contributed by atoms with Gasteiger partial charge in [-0.3, -0.25) is 9.59 Å². The standard InChI is InChI=1S/C32H37N5O4/c1-3-36-21-34-31-27(36)17-24(18-28(31)37-14-8-13-30(37)39)32(40)35-26(16-22-9-5-4-6-10-22)29(38)20-33-19-23-11-7-12-25(15-23)41-2/h4-7,9-12,15,17-18,21,26,29,33,38H,3,8,13-14,16,19-20H2,1-2H3,(H,35,40)/t26-,29-/m0/s1. The molecule has 0 aliphatic carbocycles. The number of rotatable bonds is 12. The predicted molar refractivity (Wildman–Crippen MR) is 159 cm³/mol. The zero-order valence-electron chi connectivity index (χ0n) is 23.5. The van der Waals surface area contributed by atoms with Gasteiger partial charge in [0.2, 0.25) is 5.91 Å². The van der Waals surface area contributed by atoms with E-state index in [-0.39, 0.29) is 18.4 Å². The van der Waals surface area contributed by atoms with E-state index in [1.807, 2.05) is 72.2 Å². The summed E-state index contributed by atoms with van der Waals surface area (Å²) in [4.78, 5) is 32.7. The molecule has 0 bridgehead atoms. The van der Waals surface area contributed by atoms with Gasteiger partial charge in [-0.2, -0.15) is 0 Å². The molecule has 1 saturated heterocycles. The third-order valence-electron chi connectivity index (χ3n) is 7.57. The molecule has 1 aliphatic rings. The lowest BCUT2D eigenvalue weighted by molar-refractivity contribution is -0.117. The van der Waals surface area contributed by atoms with Crippen molar-refractivity contribution in [3.63, 3.8) is 0 Å². The first-order chi connectivity index (χ1) is 20.0. The summed E-state index contributed by atoms with van der Waals surface area (Å²) in [6.07, 6.45) is 2.61. The Hall–Kier alpha value is -4.21. The van der Waals surface area contributed by atoms with Crippen molar-refractivity contribution in [1.29, 1.82) is 0 Å². The fourth-order valence-electron chi connectivity index (χ4n) is 5.33. The van der Waals surface area contributed by atoms with Crippen LogP contribution >= 0.6 is 0 Å². The van der Waals surface area contributed by atoms with Crippen LogP contribution in [0, 0.1) is 0 Å². The molecule has 9 heteroatoms. The normalized spacial score (nSPS) is 14.8. The second-order valence-corrected chi connectivity index (χ2v) is 10.4. The van der Waals surface area contributed by atoms with Crippen LogP contribution < -0.4 is 20.3 Å². The highest BCUT2D eigenvalue weighted by atomic mass is 16.5. The average Bonchev–Trinajstić information content (AvgIpc) is 3.62. The van der Waals surface area contributed by atoms with E-state index >= 15 is 0 Å². The fourth-order valence-corrected chi connectivity index (χ4v) is 5.33. The number of hydrogen-bond donors (Lipinski definition) is 3. The van der Waals surface area contributed by atoms with Gasteiger partial charge >= 0.3 is 0 Å². The quantitative estimate of drug-likeness (QED) is 0.246. The van der Waals surface area contributed by atoms with Gasteiger partial charge in [0.05, 0.1) is 36.8 Å². The smallest absolute Gasteiger partial charge is 0.251 e. The molecule has 0 saturated carbocycles. The largest absolute Gasteiger partial charge is 0.497 e. The van der Waals surface area contributed by atoms with Crippen molar-refractivity contribution in [3.05, 3.63) is 89.7 Å². The van der Waals surface area contributed by atoms with Crippen LogP contribution in [0.4, 0.5) is 5.69 Å². The number of hydrogen-bond acceptors (Lipinski definition) is 6. The maximum absolute atomic E-state index is 13.7. The molecule has 0 unspecified atom stereocenters. The minimum Gasteiger partial charge on any atom is -0.497 e. The molecule has 4 aromatic rings. The van der Waals surface area contributed by atoms with Crippen LogP contribution in [-0.4, -0.2) is 58.8 Å². The Balaban J connectivity index is 1.37. The zero-order chi connectivity index (χ0) is 28.8. The fraction of sp³-hybridized carbons (Fsp3) is 0.344. The Morgan fingerprint density at radius 2 is 1.90 bits per heavy atom. The van der Waals surface area contributed by atoms with E-state index in [9.17, 15) is 14.7 Å². The summed E-state index contributed by atoms with van der Waals surface area (Å²) in [5, 5.41) is 17.7. The molecule has 5 rings (SSSR count). The molecule has 2 heterocycles. The number of nitrogens with one attached hydrogen (secondary N) is 2. The maximum atomic E-state index is 13.7. The van der Waals surface area contributed by atoms with Crippen molar-refractivity contribution in [2.45, 2.75) is 51.4 Å². The SMILES string of the molecule is CCn1cnc2c(N3CCCC3=O)cc(C(=O)N[C@@H](Cc3ccccc3)[C@@H](O)CNCc3cccc(OC)c3)cc21. The highest BCUT2D eigenvalue weighted by molar-refractivity contribution is 6.07. The predicted octanol–water partition coefficient (Wildman–Crippen LogP) is 3.68. The highest BCUT2D eigenvalue weighted by Crippen LogP contribution is 2.31. The van der Waals surface area contributed by atoms with Gasteiger partial charge in [0, 0.05) is 38.2 Å². The number of ether oxygens (including phenoxy) is 1. The van der Waals surface area contributed by atoms with Crippen molar-refractivity contribution in [3.8, 4) is 5.75 Å². The van der Waals surface area contributed by atoms with Gasteiger partial charge in [-0.25, -0.2) is 4.98 Å². The summed E-state index contributed by atoms with van der Waals surface area (Å²) in [6.45, 7) is 4.13. The van der Waals surface area contributed by atoms with Crippen molar-refractivity contribution < 1.29 is 19.4 Å². The number of carbonyl (C=O) groups excluding carboxylic acids is 2. The number of anilines is 1. The molecular formula is C32H37N5O4. The van der Waals surface area contributed by atoms with E-state index in [0.717, 1.165) is 28.8 Å². The van der Waals surface area contributed by atoms with Crippen molar-refractivity contribution >= 4 is 28.5 Å². The van der Waals surface area contributed by atoms with Gasteiger partial charge in [0.1, 0.15) is 11.3 Å². The summed E-state index contributed by atoms with van der Waals surface area (Å²) in [6, 6.07) is 20.6. The summed E-state index contributed by atoms with van der Waals surface area (Å²) in [5.74, 6) is 0.501. The summed E-state index contributed by atoms with van der Waals surface area (Å²) in [7, 11) is 1.63. The van der Waals surface area contributed by atoms with Gasteiger partial charge in [0.15, 0.2) is 0 Å². The molecule has 1 fully saturated rings. The number of aromatic nitrogens is 2. The monoisotopic (exact) mass is 555 g/mol. The van der Waals surface area contributed by atoms with Crippen LogP contribution in [0.2, 0.25) is 0 Å². The van der Waals surface area contributed by atoms with Crippen LogP contribution in [0.25, 0.3) is 11.0 Å². The van der Waals surface area contributed by atoms with Crippen molar-refractivity contribution in [2.24, 2.45) is 0 Å². The number of aryl methyl sites for hydroxylation is 1. The minimum atomic E-state index is -0.853. The van der Waals surface area contributed by atoms with Crippen LogP contribution in [-0.2, 0) is 24.3 Å². The van der Waals surface area contributed by atoms with E-state index in [0.29, 0.717) is 49.2 Å². The minimum absolute atomic E-state index is 0.0365. The second-order valence-electron chi connectivity index (χ2n) is 10.4. The lowest BCUT2D eigenvalue weighted by Crippen LogP contribution is -2.48. The molecule has 1 aromatic heterocycles. The summed E-state index contributed by atoms with van der Waals surface area (Å²) >= 11 is 0.